The number of nitrogens with zero attached hydrogens (tertiary/aromatic N) is 2. The predicted molar refractivity (Wildman–Crippen MR) is 46.1 cm³/mol. The van der Waals surface area contributed by atoms with Gasteiger partial charge in [0.1, 0.15) is 0 Å². The van der Waals surface area contributed by atoms with E-state index in [1.807, 2.05) is 0 Å². The quantitative estimate of drug-likeness (QED) is 0.606. The number of hydrogen-bond donors (Lipinski definition) is 1. The molecule has 0 rings (SSSR count). The first-order valence-electron chi connectivity index (χ1n) is 3.45. The number of sulfonamides is 1. The van der Waals surface area contributed by atoms with Crippen molar-refractivity contribution in [1.29, 1.82) is 5.26 Å². The molecule has 0 aliphatic carbocycles. The van der Waals surface area contributed by atoms with Gasteiger partial charge in [0.25, 0.3) is 0 Å². The van der Waals surface area contributed by atoms with E-state index in [1.54, 1.807) is 0 Å². The van der Waals surface area contributed by atoms with Crippen LogP contribution in [0.15, 0.2) is 0 Å². The normalized spacial score (nSPS) is 10.9. The van der Waals surface area contributed by atoms with Crippen LogP contribution in [0.3, 0.4) is 0 Å². The molecule has 6 nitrogen and oxygen atoms in total. The maximum Gasteiger partial charge on any atom is 0.235 e. The van der Waals surface area contributed by atoms with Crippen LogP contribution in [0.5, 0.6) is 0 Å². The zero-order valence-electron chi connectivity index (χ0n) is 7.44. The summed E-state index contributed by atoms with van der Waals surface area (Å²) in [5.41, 5.74) is 0. The monoisotopic (exact) mass is 205 g/mol. The lowest BCUT2D eigenvalue weighted by Crippen LogP contribution is -2.37. The molecule has 7 heteroatoms. The van der Waals surface area contributed by atoms with E-state index in [1.165, 1.54) is 20.2 Å². The fourth-order valence-corrected chi connectivity index (χ4v) is 1.27. The van der Waals surface area contributed by atoms with Crippen LogP contribution in [0.2, 0.25) is 0 Å². The van der Waals surface area contributed by atoms with E-state index in [-0.39, 0.29) is 6.54 Å². The summed E-state index contributed by atoms with van der Waals surface area (Å²) >= 11 is 0. The van der Waals surface area contributed by atoms with Gasteiger partial charge in [0, 0.05) is 14.1 Å². The molecular weight excluding hydrogens is 194 g/mol. The molecule has 0 unspecified atom stereocenters. The molecule has 0 aliphatic heterocycles. The highest BCUT2D eigenvalue weighted by molar-refractivity contribution is 7.89. The lowest BCUT2D eigenvalue weighted by atomic mass is 10.6. The first-order valence-corrected chi connectivity index (χ1v) is 5.06. The van der Waals surface area contributed by atoms with Crippen molar-refractivity contribution in [3.05, 3.63) is 0 Å². The summed E-state index contributed by atoms with van der Waals surface area (Å²) in [7, 11) is -0.942. The second-order valence-corrected chi connectivity index (χ2v) is 4.42. The summed E-state index contributed by atoms with van der Waals surface area (Å²) in [5.74, 6) is -1.02. The Balaban J connectivity index is 4.36. The zero-order chi connectivity index (χ0) is 10.5. The molecule has 0 spiro atoms. The van der Waals surface area contributed by atoms with Crippen LogP contribution < -0.4 is 5.32 Å². The van der Waals surface area contributed by atoms with Crippen molar-refractivity contribution in [1.82, 2.24) is 9.62 Å². The third-order valence-corrected chi connectivity index (χ3v) is 2.94. The Hall–Kier alpha value is -1.13. The average molecular weight is 205 g/mol. The fourth-order valence-electron chi connectivity index (χ4n) is 0.571. The molecular formula is C6H11N3O3S. The molecule has 0 bridgehead atoms. The van der Waals surface area contributed by atoms with Gasteiger partial charge >= 0.3 is 0 Å². The molecule has 0 aliphatic rings. The Kier molecular flexibility index (Phi) is 4.37. The molecule has 0 aromatic rings. The van der Waals surface area contributed by atoms with Gasteiger partial charge in [0.05, 0.1) is 12.6 Å². The molecule has 0 atom stereocenters. The molecule has 0 radical (unpaired) electrons. The predicted octanol–water partition coefficient (Wildman–Crippen LogP) is -1.48. The average Bonchev–Trinajstić information content (AvgIpc) is 2.04. The smallest absolute Gasteiger partial charge is 0.235 e. The number of likely N-dealkylation sites (N-methyl/N-ethyl adjacent to an activating group) is 2. The third-order valence-electron chi connectivity index (χ3n) is 1.37. The Labute approximate surface area is 77.2 Å². The van der Waals surface area contributed by atoms with E-state index >= 15 is 0 Å². The van der Waals surface area contributed by atoms with Crippen molar-refractivity contribution >= 4 is 15.9 Å². The van der Waals surface area contributed by atoms with Crippen LogP contribution in [0, 0.1) is 11.3 Å². The summed E-state index contributed by atoms with van der Waals surface area (Å²) in [6, 6.07) is 1.52. The number of carbonyl (C=O) groups is 1. The molecule has 13 heavy (non-hydrogen) atoms. The minimum Gasteiger partial charge on any atom is -0.358 e. The van der Waals surface area contributed by atoms with Crippen LogP contribution in [0.25, 0.3) is 0 Å². The summed E-state index contributed by atoms with van der Waals surface area (Å²) in [5, 5.41) is 10.5. The zero-order valence-corrected chi connectivity index (χ0v) is 8.26. The Morgan fingerprint density at radius 2 is 2.15 bits per heavy atom. The van der Waals surface area contributed by atoms with Gasteiger partial charge in [-0.25, -0.2) is 8.42 Å². The fraction of sp³-hybridized carbons (Fsp3) is 0.667. The number of rotatable bonds is 4. The summed E-state index contributed by atoms with van der Waals surface area (Å²) in [6.07, 6.45) is 0. The Bertz CT molecular complexity index is 317. The number of hydrogen-bond acceptors (Lipinski definition) is 4. The first-order chi connectivity index (χ1) is 5.94. The van der Waals surface area contributed by atoms with Gasteiger partial charge in [0.15, 0.2) is 5.75 Å². The molecule has 0 aromatic carbocycles. The second-order valence-electron chi connectivity index (χ2n) is 2.34. The Morgan fingerprint density at radius 3 is 2.54 bits per heavy atom. The van der Waals surface area contributed by atoms with Gasteiger partial charge in [-0.05, 0) is 0 Å². The van der Waals surface area contributed by atoms with Gasteiger partial charge in [0.2, 0.25) is 15.9 Å². The first kappa shape index (κ1) is 11.9. The standard InChI is InChI=1S/C6H11N3O3S/c1-8-6(10)5-9(2)13(11,12)4-3-7/h4-5H2,1-2H3,(H,8,10). The van der Waals surface area contributed by atoms with Crippen molar-refractivity contribution in [2.24, 2.45) is 0 Å². The van der Waals surface area contributed by atoms with E-state index in [0.29, 0.717) is 0 Å². The third kappa shape index (κ3) is 3.87. The maximum absolute atomic E-state index is 11.1. The van der Waals surface area contributed by atoms with Crippen LogP contribution >= 0.6 is 0 Å². The summed E-state index contributed by atoms with van der Waals surface area (Å²) in [6.45, 7) is -0.263. The number of carbonyl (C=O) groups excluding carboxylic acids is 1. The number of amides is 1. The molecule has 1 N–H and O–H groups in total. The van der Waals surface area contributed by atoms with Crippen LogP contribution in [-0.2, 0) is 14.8 Å². The minimum absolute atomic E-state index is 0.263. The molecule has 0 saturated carbocycles. The number of nitriles is 1. The number of nitrogens with one attached hydrogen (secondary N) is 1. The van der Waals surface area contributed by atoms with Crippen molar-refractivity contribution in [2.45, 2.75) is 0 Å². The van der Waals surface area contributed by atoms with Crippen molar-refractivity contribution in [3.63, 3.8) is 0 Å². The van der Waals surface area contributed by atoms with Gasteiger partial charge in [-0.1, -0.05) is 0 Å². The van der Waals surface area contributed by atoms with Gasteiger partial charge in [-0.3, -0.25) is 4.79 Å². The van der Waals surface area contributed by atoms with Gasteiger partial charge < -0.3 is 5.32 Å². The van der Waals surface area contributed by atoms with Crippen molar-refractivity contribution in [2.75, 3.05) is 26.4 Å². The highest BCUT2D eigenvalue weighted by Crippen LogP contribution is 1.95. The SMILES string of the molecule is CNC(=O)CN(C)S(=O)(=O)CC#N. The Morgan fingerprint density at radius 1 is 1.62 bits per heavy atom. The molecule has 0 aromatic heterocycles. The summed E-state index contributed by atoms with van der Waals surface area (Å²) < 4.78 is 23.1. The van der Waals surface area contributed by atoms with Gasteiger partial charge in [-0.2, -0.15) is 9.57 Å². The highest BCUT2D eigenvalue weighted by atomic mass is 32.2. The molecule has 0 saturated heterocycles. The van der Waals surface area contributed by atoms with E-state index in [2.05, 4.69) is 5.32 Å². The van der Waals surface area contributed by atoms with Crippen molar-refractivity contribution in [3.8, 4) is 6.07 Å². The maximum atomic E-state index is 11.1. The van der Waals surface area contributed by atoms with E-state index in [9.17, 15) is 13.2 Å². The molecule has 1 amide bonds. The molecule has 74 valence electrons. The van der Waals surface area contributed by atoms with Crippen LogP contribution in [0.1, 0.15) is 0 Å². The lowest BCUT2D eigenvalue weighted by molar-refractivity contribution is -0.120. The van der Waals surface area contributed by atoms with Crippen LogP contribution in [-0.4, -0.2) is 45.0 Å². The molecule has 0 fully saturated rings. The highest BCUT2D eigenvalue weighted by Gasteiger charge is 2.19. The molecule has 0 heterocycles. The second kappa shape index (κ2) is 4.79. The topological polar surface area (TPSA) is 90.3 Å². The largest absolute Gasteiger partial charge is 0.358 e. The van der Waals surface area contributed by atoms with Gasteiger partial charge in [-0.15, -0.1) is 0 Å². The summed E-state index contributed by atoms with van der Waals surface area (Å²) in [4.78, 5) is 10.8. The lowest BCUT2D eigenvalue weighted by Gasteiger charge is -2.13. The minimum atomic E-state index is -3.60. The van der Waals surface area contributed by atoms with E-state index < -0.39 is 21.7 Å². The van der Waals surface area contributed by atoms with E-state index in [4.69, 9.17) is 5.26 Å². The van der Waals surface area contributed by atoms with E-state index in [0.717, 1.165) is 4.31 Å². The van der Waals surface area contributed by atoms with Crippen molar-refractivity contribution < 1.29 is 13.2 Å². The van der Waals surface area contributed by atoms with Crippen LogP contribution in [0.4, 0.5) is 0 Å².